The summed E-state index contributed by atoms with van der Waals surface area (Å²) in [7, 11) is 1.30. The number of aromatic nitrogens is 4. The molecule has 0 spiro atoms. The van der Waals surface area contributed by atoms with E-state index in [1.165, 1.54) is 23.8 Å². The second-order valence-corrected chi connectivity index (χ2v) is 8.99. The van der Waals surface area contributed by atoms with Gasteiger partial charge in [0.2, 0.25) is 11.9 Å². The Bertz CT molecular complexity index is 1440. The number of hydrogen-bond acceptors (Lipinski definition) is 6. The van der Waals surface area contributed by atoms with E-state index in [1.807, 2.05) is 0 Å². The Hall–Kier alpha value is -3.41. The smallest absolute Gasteiger partial charge is 0.417 e. The lowest BCUT2D eigenvalue weighted by atomic mass is 10.1. The Morgan fingerprint density at radius 1 is 1.20 bits per heavy atom. The van der Waals surface area contributed by atoms with Crippen LogP contribution in [0.5, 0.6) is 5.75 Å². The number of anilines is 1. The van der Waals surface area contributed by atoms with Crippen LogP contribution in [0.1, 0.15) is 24.8 Å². The zero-order valence-electron chi connectivity index (χ0n) is 18.5. The monoisotopic (exact) mass is 548 g/mol. The standard InChI is InChI=1S/C23H20BrF3N6O2/c1-35-12-8-9-13(15(11-12)23(25,26)27)19-31-20-14-5-4-6-16(24)18(14)30-22(33(20)32-19)29-17-7-2-3-10-28-21(17)34/h4-6,8-9,11,17H,2-3,7,10H2,1H3,(H,28,34)(H,29,30)/t17-/m0/s1. The molecule has 8 nitrogen and oxygen atoms in total. The van der Waals surface area contributed by atoms with Gasteiger partial charge in [0.1, 0.15) is 11.8 Å². The number of rotatable bonds is 4. The molecule has 35 heavy (non-hydrogen) atoms. The molecular weight excluding hydrogens is 529 g/mol. The normalized spacial score (nSPS) is 16.8. The summed E-state index contributed by atoms with van der Waals surface area (Å²) in [5, 5.41) is 11.0. The fourth-order valence-electron chi connectivity index (χ4n) is 4.12. The molecule has 1 atom stereocenters. The van der Waals surface area contributed by atoms with Crippen LogP contribution >= 0.6 is 15.9 Å². The van der Waals surface area contributed by atoms with E-state index in [2.05, 4.69) is 41.6 Å². The lowest BCUT2D eigenvalue weighted by Crippen LogP contribution is -2.38. The molecule has 0 bridgehead atoms. The molecule has 5 rings (SSSR count). The molecule has 3 heterocycles. The van der Waals surface area contributed by atoms with Gasteiger partial charge in [-0.05, 0) is 65.5 Å². The molecule has 182 valence electrons. The Balaban J connectivity index is 1.72. The van der Waals surface area contributed by atoms with E-state index in [-0.39, 0.29) is 29.0 Å². The van der Waals surface area contributed by atoms with Crippen molar-refractivity contribution in [3.8, 4) is 17.1 Å². The molecule has 12 heteroatoms. The highest BCUT2D eigenvalue weighted by Crippen LogP contribution is 2.39. The first-order chi connectivity index (χ1) is 16.8. The quantitative estimate of drug-likeness (QED) is 0.380. The van der Waals surface area contributed by atoms with E-state index in [0.717, 1.165) is 18.9 Å². The number of methoxy groups -OCH3 is 1. The largest absolute Gasteiger partial charge is 0.497 e. The minimum atomic E-state index is -4.65. The summed E-state index contributed by atoms with van der Waals surface area (Å²) >= 11 is 3.48. The highest BCUT2D eigenvalue weighted by Gasteiger charge is 2.35. The summed E-state index contributed by atoms with van der Waals surface area (Å²) in [6.07, 6.45) is -2.37. The second kappa shape index (κ2) is 8.99. The van der Waals surface area contributed by atoms with Crippen molar-refractivity contribution in [3.63, 3.8) is 0 Å². The van der Waals surface area contributed by atoms with E-state index < -0.39 is 17.8 Å². The van der Waals surface area contributed by atoms with Crippen molar-refractivity contribution in [2.45, 2.75) is 31.5 Å². The Morgan fingerprint density at radius 2 is 2.03 bits per heavy atom. The van der Waals surface area contributed by atoms with Crippen LogP contribution in [0.25, 0.3) is 27.9 Å². The maximum Gasteiger partial charge on any atom is 0.417 e. The molecule has 0 radical (unpaired) electrons. The molecule has 1 amide bonds. The van der Waals surface area contributed by atoms with E-state index >= 15 is 0 Å². The lowest BCUT2D eigenvalue weighted by molar-refractivity contribution is -0.137. The van der Waals surface area contributed by atoms with Crippen LogP contribution in [-0.4, -0.2) is 45.2 Å². The molecule has 2 N–H and O–H groups in total. The van der Waals surface area contributed by atoms with Crippen LogP contribution < -0.4 is 15.4 Å². The van der Waals surface area contributed by atoms with Gasteiger partial charge in [-0.25, -0.2) is 9.97 Å². The SMILES string of the molecule is COc1ccc(-c2nc3c4cccc(Br)c4nc(N[C@H]4CCCCNC4=O)n3n2)c(C(F)(F)F)c1. The van der Waals surface area contributed by atoms with Gasteiger partial charge in [0.25, 0.3) is 0 Å². The van der Waals surface area contributed by atoms with Crippen molar-refractivity contribution in [2.75, 3.05) is 19.0 Å². The molecule has 1 aliphatic rings. The highest BCUT2D eigenvalue weighted by molar-refractivity contribution is 9.10. The third-order valence-electron chi connectivity index (χ3n) is 5.86. The molecule has 0 saturated carbocycles. The van der Waals surface area contributed by atoms with Crippen LogP contribution in [0, 0.1) is 0 Å². The topological polar surface area (TPSA) is 93.4 Å². The first-order valence-corrected chi connectivity index (χ1v) is 11.7. The van der Waals surface area contributed by atoms with E-state index in [4.69, 9.17) is 4.74 Å². The number of carbonyl (C=O) groups is 1. The molecular formula is C23H20BrF3N6O2. The van der Waals surface area contributed by atoms with Crippen molar-refractivity contribution < 1.29 is 22.7 Å². The molecule has 1 fully saturated rings. The van der Waals surface area contributed by atoms with Gasteiger partial charge in [-0.2, -0.15) is 17.7 Å². The van der Waals surface area contributed by atoms with Gasteiger partial charge >= 0.3 is 6.18 Å². The van der Waals surface area contributed by atoms with Crippen molar-refractivity contribution in [2.24, 2.45) is 0 Å². The number of ether oxygens (including phenoxy) is 1. The predicted molar refractivity (Wildman–Crippen MR) is 127 cm³/mol. The first-order valence-electron chi connectivity index (χ1n) is 10.9. The number of alkyl halides is 3. The highest BCUT2D eigenvalue weighted by atomic mass is 79.9. The van der Waals surface area contributed by atoms with Crippen molar-refractivity contribution in [1.29, 1.82) is 0 Å². The summed E-state index contributed by atoms with van der Waals surface area (Å²) in [6.45, 7) is 0.592. The first kappa shape index (κ1) is 23.3. The number of benzene rings is 2. The molecule has 1 saturated heterocycles. The summed E-state index contributed by atoms with van der Waals surface area (Å²) < 4.78 is 48.7. The van der Waals surface area contributed by atoms with Gasteiger partial charge in [0.05, 0.1) is 18.2 Å². The van der Waals surface area contributed by atoms with Gasteiger partial charge in [-0.1, -0.05) is 6.07 Å². The lowest BCUT2D eigenvalue weighted by Gasteiger charge is -2.17. The van der Waals surface area contributed by atoms with Crippen LogP contribution in [-0.2, 0) is 11.0 Å². The average molecular weight is 549 g/mol. The predicted octanol–water partition coefficient (Wildman–Crippen LogP) is 4.82. The Kier molecular flexibility index (Phi) is 5.99. The zero-order chi connectivity index (χ0) is 24.7. The number of fused-ring (bicyclic) bond motifs is 3. The minimum absolute atomic E-state index is 0.0719. The van der Waals surface area contributed by atoms with Crippen LogP contribution in [0.15, 0.2) is 40.9 Å². The third kappa shape index (κ3) is 4.38. The van der Waals surface area contributed by atoms with Gasteiger partial charge in [0.15, 0.2) is 11.5 Å². The minimum Gasteiger partial charge on any atom is -0.497 e. The molecule has 0 unspecified atom stereocenters. The van der Waals surface area contributed by atoms with Gasteiger partial charge in [-0.15, -0.1) is 5.10 Å². The van der Waals surface area contributed by atoms with Crippen molar-refractivity contribution in [1.82, 2.24) is 24.9 Å². The molecule has 2 aromatic carbocycles. The fraction of sp³-hybridized carbons (Fsp3) is 0.304. The molecule has 2 aromatic heterocycles. The summed E-state index contributed by atoms with van der Waals surface area (Å²) in [4.78, 5) is 21.7. The van der Waals surface area contributed by atoms with E-state index in [1.54, 1.807) is 18.2 Å². The summed E-state index contributed by atoms with van der Waals surface area (Å²) in [6, 6.07) is 8.42. The number of para-hydroxylation sites is 1. The second-order valence-electron chi connectivity index (χ2n) is 8.14. The molecule has 4 aromatic rings. The zero-order valence-corrected chi connectivity index (χ0v) is 20.1. The average Bonchev–Trinajstić information content (AvgIpc) is 3.18. The van der Waals surface area contributed by atoms with Gasteiger partial charge in [0, 0.05) is 22.0 Å². The Labute approximate surface area is 206 Å². The van der Waals surface area contributed by atoms with Gasteiger partial charge < -0.3 is 15.4 Å². The number of amides is 1. The van der Waals surface area contributed by atoms with E-state index in [9.17, 15) is 18.0 Å². The number of carbonyl (C=O) groups excluding carboxylic acids is 1. The number of nitrogens with one attached hydrogen (secondary N) is 2. The number of halogens is 4. The fourth-order valence-corrected chi connectivity index (χ4v) is 4.57. The van der Waals surface area contributed by atoms with Crippen molar-refractivity contribution >= 4 is 44.3 Å². The number of nitrogens with zero attached hydrogens (tertiary/aromatic N) is 4. The maximum absolute atomic E-state index is 13.9. The summed E-state index contributed by atoms with van der Waals surface area (Å²) in [5.41, 5.74) is -0.250. The van der Waals surface area contributed by atoms with Crippen LogP contribution in [0.2, 0.25) is 0 Å². The van der Waals surface area contributed by atoms with E-state index in [0.29, 0.717) is 34.0 Å². The summed E-state index contributed by atoms with van der Waals surface area (Å²) in [5.74, 6) is -0.00738. The van der Waals surface area contributed by atoms with Crippen LogP contribution in [0.4, 0.5) is 19.1 Å². The molecule has 1 aliphatic heterocycles. The third-order valence-corrected chi connectivity index (χ3v) is 6.50. The van der Waals surface area contributed by atoms with Gasteiger partial charge in [-0.3, -0.25) is 4.79 Å². The van der Waals surface area contributed by atoms with Crippen LogP contribution in [0.3, 0.4) is 0 Å². The Morgan fingerprint density at radius 3 is 2.80 bits per heavy atom. The maximum atomic E-state index is 13.9. The number of hydrogen-bond donors (Lipinski definition) is 2. The molecule has 0 aliphatic carbocycles. The van der Waals surface area contributed by atoms with Crippen molar-refractivity contribution in [3.05, 3.63) is 46.4 Å².